The van der Waals surface area contributed by atoms with Crippen LogP contribution in [0.1, 0.15) is 24.0 Å². The topological polar surface area (TPSA) is 41.9 Å². The Balaban J connectivity index is 2.15. The summed E-state index contributed by atoms with van der Waals surface area (Å²) in [7, 11) is 3.36. The zero-order valence-corrected chi connectivity index (χ0v) is 13.0. The van der Waals surface area contributed by atoms with Crippen molar-refractivity contribution in [2.24, 2.45) is 0 Å². The van der Waals surface area contributed by atoms with Crippen molar-refractivity contribution in [1.82, 2.24) is 4.90 Å². The number of allylic oxidation sites excluding steroid dienone is 1. The third-order valence-corrected chi connectivity index (χ3v) is 4.00. The van der Waals surface area contributed by atoms with Gasteiger partial charge in [0.1, 0.15) is 0 Å². The van der Waals surface area contributed by atoms with Crippen LogP contribution in [0.4, 0.5) is 0 Å². The van der Waals surface area contributed by atoms with E-state index in [0.29, 0.717) is 18.3 Å². The second-order valence-electron chi connectivity index (χ2n) is 5.53. The highest BCUT2D eigenvalue weighted by molar-refractivity contribution is 5.49. The lowest BCUT2D eigenvalue weighted by atomic mass is 10.0. The standard InChI is InChI=1S/C17H25NO3/c1-4-6-14-9-13(10-16(21-3)17(14)19)11-18-8-5-7-15(12-18)20-2/h4,9-10,15,19H,1,5-8,11-12H2,2-3H3/t15-/m0/s1. The van der Waals surface area contributed by atoms with Crippen molar-refractivity contribution in [2.45, 2.75) is 31.9 Å². The minimum absolute atomic E-state index is 0.217. The van der Waals surface area contributed by atoms with Crippen LogP contribution in [0.5, 0.6) is 11.5 Å². The molecule has 1 atom stereocenters. The highest BCUT2D eigenvalue weighted by atomic mass is 16.5. The predicted molar refractivity (Wildman–Crippen MR) is 83.9 cm³/mol. The third-order valence-electron chi connectivity index (χ3n) is 4.00. The predicted octanol–water partition coefficient (Wildman–Crippen LogP) is 2.74. The van der Waals surface area contributed by atoms with E-state index in [2.05, 4.69) is 11.5 Å². The fourth-order valence-electron chi connectivity index (χ4n) is 2.89. The van der Waals surface area contributed by atoms with Gasteiger partial charge in [-0.1, -0.05) is 12.1 Å². The van der Waals surface area contributed by atoms with Crippen LogP contribution >= 0.6 is 0 Å². The number of phenolic OH excluding ortho intramolecular Hbond substituents is 1. The van der Waals surface area contributed by atoms with Crippen LogP contribution in [-0.4, -0.2) is 43.4 Å². The molecule has 0 saturated carbocycles. The van der Waals surface area contributed by atoms with Crippen LogP contribution in [0.2, 0.25) is 0 Å². The highest BCUT2D eigenvalue weighted by Gasteiger charge is 2.20. The first-order chi connectivity index (χ1) is 10.2. The molecule has 21 heavy (non-hydrogen) atoms. The van der Waals surface area contributed by atoms with Gasteiger partial charge in [0.25, 0.3) is 0 Å². The number of hydrogen-bond acceptors (Lipinski definition) is 4. The number of hydrogen-bond donors (Lipinski definition) is 1. The average Bonchev–Trinajstić information content (AvgIpc) is 2.50. The van der Waals surface area contributed by atoms with Gasteiger partial charge in [0, 0.05) is 25.8 Å². The fraction of sp³-hybridized carbons (Fsp3) is 0.529. The quantitative estimate of drug-likeness (QED) is 0.818. The van der Waals surface area contributed by atoms with Crippen LogP contribution in [0.15, 0.2) is 24.8 Å². The fourth-order valence-corrected chi connectivity index (χ4v) is 2.89. The van der Waals surface area contributed by atoms with E-state index in [-0.39, 0.29) is 5.75 Å². The molecule has 0 aromatic heterocycles. The monoisotopic (exact) mass is 291 g/mol. The molecule has 116 valence electrons. The first-order valence-corrected chi connectivity index (χ1v) is 7.42. The van der Waals surface area contributed by atoms with Gasteiger partial charge in [-0.05, 0) is 37.4 Å². The summed E-state index contributed by atoms with van der Waals surface area (Å²) in [5, 5.41) is 10.1. The lowest BCUT2D eigenvalue weighted by Crippen LogP contribution is -2.38. The molecule has 1 aromatic carbocycles. The maximum absolute atomic E-state index is 10.1. The van der Waals surface area contributed by atoms with Crippen molar-refractivity contribution in [2.75, 3.05) is 27.3 Å². The molecular formula is C17H25NO3. The first kappa shape index (κ1) is 15.9. The van der Waals surface area contributed by atoms with Crippen molar-refractivity contribution in [3.8, 4) is 11.5 Å². The van der Waals surface area contributed by atoms with Gasteiger partial charge in [-0.25, -0.2) is 0 Å². The lowest BCUT2D eigenvalue weighted by Gasteiger charge is -2.32. The Morgan fingerprint density at radius 2 is 2.24 bits per heavy atom. The summed E-state index contributed by atoms with van der Waals surface area (Å²) in [4.78, 5) is 2.39. The summed E-state index contributed by atoms with van der Waals surface area (Å²) in [5.41, 5.74) is 2.01. The Bertz CT molecular complexity index is 487. The molecule has 0 unspecified atom stereocenters. The van der Waals surface area contributed by atoms with Crippen molar-refractivity contribution in [3.05, 3.63) is 35.9 Å². The summed E-state index contributed by atoms with van der Waals surface area (Å²) in [6.45, 7) is 6.63. The Labute approximate surface area is 127 Å². The maximum atomic E-state index is 10.1. The smallest absolute Gasteiger partial charge is 0.161 e. The van der Waals surface area contributed by atoms with Gasteiger partial charge in [-0.2, -0.15) is 0 Å². The average molecular weight is 291 g/mol. The van der Waals surface area contributed by atoms with E-state index < -0.39 is 0 Å². The molecule has 1 saturated heterocycles. The minimum Gasteiger partial charge on any atom is -0.504 e. The molecule has 1 aliphatic rings. The largest absolute Gasteiger partial charge is 0.504 e. The molecule has 1 aromatic rings. The van der Waals surface area contributed by atoms with Gasteiger partial charge in [-0.15, -0.1) is 6.58 Å². The van der Waals surface area contributed by atoms with Crippen molar-refractivity contribution in [1.29, 1.82) is 0 Å². The van der Waals surface area contributed by atoms with Gasteiger partial charge in [0.05, 0.1) is 13.2 Å². The van der Waals surface area contributed by atoms with E-state index in [0.717, 1.165) is 43.6 Å². The molecule has 0 spiro atoms. The van der Waals surface area contributed by atoms with E-state index in [1.54, 1.807) is 20.3 Å². The summed E-state index contributed by atoms with van der Waals surface area (Å²) < 4.78 is 10.7. The number of likely N-dealkylation sites (tertiary alicyclic amines) is 1. The number of rotatable bonds is 6. The van der Waals surface area contributed by atoms with Gasteiger partial charge in [0.15, 0.2) is 11.5 Å². The Morgan fingerprint density at radius 3 is 2.90 bits per heavy atom. The zero-order chi connectivity index (χ0) is 15.2. The Morgan fingerprint density at radius 1 is 1.43 bits per heavy atom. The number of nitrogens with zero attached hydrogens (tertiary/aromatic N) is 1. The van der Waals surface area contributed by atoms with E-state index in [1.165, 1.54) is 0 Å². The van der Waals surface area contributed by atoms with Crippen molar-refractivity contribution in [3.63, 3.8) is 0 Å². The molecule has 0 aliphatic carbocycles. The molecule has 4 nitrogen and oxygen atoms in total. The summed E-state index contributed by atoms with van der Waals surface area (Å²) in [6, 6.07) is 3.95. The van der Waals surface area contributed by atoms with Gasteiger partial charge < -0.3 is 14.6 Å². The Kier molecular flexibility index (Phi) is 5.65. The van der Waals surface area contributed by atoms with Gasteiger partial charge >= 0.3 is 0 Å². The third kappa shape index (κ3) is 3.99. The zero-order valence-electron chi connectivity index (χ0n) is 13.0. The number of piperidine rings is 1. The summed E-state index contributed by atoms with van der Waals surface area (Å²) >= 11 is 0. The molecule has 1 aliphatic heterocycles. The second kappa shape index (κ2) is 7.48. The number of methoxy groups -OCH3 is 2. The molecule has 1 N–H and O–H groups in total. The molecule has 0 radical (unpaired) electrons. The number of phenols is 1. The van der Waals surface area contributed by atoms with Crippen LogP contribution < -0.4 is 4.74 Å². The molecule has 0 bridgehead atoms. The van der Waals surface area contributed by atoms with Crippen LogP contribution in [-0.2, 0) is 17.7 Å². The maximum Gasteiger partial charge on any atom is 0.161 e. The van der Waals surface area contributed by atoms with Gasteiger partial charge in [0.2, 0.25) is 0 Å². The summed E-state index contributed by atoms with van der Waals surface area (Å²) in [5.74, 6) is 0.749. The number of ether oxygens (including phenoxy) is 2. The van der Waals surface area contributed by atoms with E-state index in [1.807, 2.05) is 12.1 Å². The molecule has 2 rings (SSSR count). The number of aromatic hydroxyl groups is 1. The van der Waals surface area contributed by atoms with E-state index >= 15 is 0 Å². The molecule has 4 heteroatoms. The lowest BCUT2D eigenvalue weighted by molar-refractivity contribution is 0.0285. The molecule has 0 amide bonds. The van der Waals surface area contributed by atoms with E-state index in [4.69, 9.17) is 9.47 Å². The van der Waals surface area contributed by atoms with Crippen LogP contribution in [0, 0.1) is 0 Å². The SMILES string of the molecule is C=CCc1cc(CN2CCC[C@H](OC)C2)cc(OC)c1O. The normalized spacial score (nSPS) is 19.4. The van der Waals surface area contributed by atoms with Crippen molar-refractivity contribution < 1.29 is 14.6 Å². The Hall–Kier alpha value is -1.52. The van der Waals surface area contributed by atoms with Gasteiger partial charge in [-0.3, -0.25) is 4.90 Å². The van der Waals surface area contributed by atoms with Crippen LogP contribution in [0.3, 0.4) is 0 Å². The van der Waals surface area contributed by atoms with Crippen LogP contribution in [0.25, 0.3) is 0 Å². The molecular weight excluding hydrogens is 266 g/mol. The minimum atomic E-state index is 0.217. The van der Waals surface area contributed by atoms with Crippen molar-refractivity contribution >= 4 is 0 Å². The summed E-state index contributed by atoms with van der Waals surface area (Å²) in [6.07, 6.45) is 5.04. The molecule has 1 fully saturated rings. The highest BCUT2D eigenvalue weighted by Crippen LogP contribution is 2.32. The second-order valence-corrected chi connectivity index (χ2v) is 5.53. The molecule has 1 heterocycles. The van der Waals surface area contributed by atoms with E-state index in [9.17, 15) is 5.11 Å². The number of benzene rings is 1. The first-order valence-electron chi connectivity index (χ1n) is 7.42.